The summed E-state index contributed by atoms with van der Waals surface area (Å²) in [5.41, 5.74) is 1.97. The second kappa shape index (κ2) is 14.2. The maximum Gasteiger partial charge on any atom is 0.176 e. The lowest BCUT2D eigenvalue weighted by Gasteiger charge is -1.97. The molecule has 0 saturated carbocycles. The minimum Gasteiger partial charge on any atom is -0.388 e. The van der Waals surface area contributed by atoms with Crippen LogP contribution in [0.15, 0.2) is 73.3 Å². The molecule has 158 valence electrons. The van der Waals surface area contributed by atoms with Crippen LogP contribution in [0.4, 0.5) is 0 Å². The van der Waals surface area contributed by atoms with Crippen molar-refractivity contribution in [3.8, 4) is 11.4 Å². The summed E-state index contributed by atoms with van der Waals surface area (Å²) in [4.78, 5) is 8.03. The third-order valence-electron chi connectivity index (χ3n) is 3.38. The van der Waals surface area contributed by atoms with Gasteiger partial charge in [0, 0.05) is 0 Å². The first-order valence-electron chi connectivity index (χ1n) is 8.39. The fourth-order valence-corrected chi connectivity index (χ4v) is 2.40. The van der Waals surface area contributed by atoms with E-state index in [9.17, 15) is 0 Å². The number of benzene rings is 2. The number of aliphatic hydroxyl groups is 1. The van der Waals surface area contributed by atoms with Crippen molar-refractivity contribution in [2.45, 2.75) is 11.9 Å². The van der Waals surface area contributed by atoms with Gasteiger partial charge in [-0.3, -0.25) is 0 Å². The Morgan fingerprint density at radius 3 is 1.47 bits per heavy atom. The third-order valence-corrected chi connectivity index (χ3v) is 3.88. The monoisotopic (exact) mass is 680 g/mol. The zero-order valence-corrected chi connectivity index (χ0v) is 22.7. The Kier molecular flexibility index (Phi) is 11.9. The van der Waals surface area contributed by atoms with Crippen LogP contribution >= 0.6 is 66.4 Å². The van der Waals surface area contributed by atoms with Crippen LogP contribution in [-0.2, 0) is 11.9 Å². The van der Waals surface area contributed by atoms with E-state index in [1.807, 2.05) is 60.7 Å². The average molecular weight is 684 g/mol. The molecule has 0 unspecified atom stereocenters. The van der Waals surface area contributed by atoms with Crippen molar-refractivity contribution in [3.05, 3.63) is 85.0 Å². The molecule has 2 aromatic heterocycles. The second-order valence-corrected chi connectivity index (χ2v) is 21.3. The first-order valence-corrected chi connectivity index (χ1v) is 16.9. The Balaban J connectivity index is 0.000000182. The lowest BCUT2D eigenvalue weighted by atomic mass is 10.3. The van der Waals surface area contributed by atoms with Crippen LogP contribution in [-0.4, -0.2) is 34.6 Å². The molecule has 12 heteroatoms. The number of aromatic nitrogens is 6. The molecule has 4 rings (SSSR count). The molecule has 0 amide bonds. The highest BCUT2D eigenvalue weighted by atomic mass is 80.0. The van der Waals surface area contributed by atoms with Crippen molar-refractivity contribution < 1.29 is 5.11 Å². The van der Waals surface area contributed by atoms with Gasteiger partial charge in [0.1, 0.15) is 23.3 Å². The lowest BCUT2D eigenvalue weighted by Crippen LogP contribution is -1.95. The molecule has 7 nitrogen and oxygen atoms in total. The summed E-state index contributed by atoms with van der Waals surface area (Å²) < 4.78 is 3.21. The summed E-state index contributed by atoms with van der Waals surface area (Å²) >= 11 is 12.8. The van der Waals surface area contributed by atoms with Crippen LogP contribution in [0, 0.1) is 0 Å². The summed E-state index contributed by atoms with van der Waals surface area (Å²) in [6.07, 6.45) is 3.30. The van der Waals surface area contributed by atoms with E-state index in [2.05, 4.69) is 82.6 Å². The fourth-order valence-electron chi connectivity index (χ4n) is 2.14. The van der Waals surface area contributed by atoms with E-state index in [-0.39, 0.29) is 10.6 Å². The van der Waals surface area contributed by atoms with Crippen LogP contribution in [0.2, 0.25) is 0 Å². The SMILES string of the molecule is BrCc1ncn(-c2ccccc2)n1.BrP(Br)Br.OCc1ncn(-c2ccccc2)n1. The average Bonchev–Trinajstić information content (AvgIpc) is 3.45. The molecule has 0 radical (unpaired) electrons. The minimum absolute atomic E-state index is 0.125. The number of alkyl halides is 1. The Morgan fingerprint density at radius 1 is 0.733 bits per heavy atom. The molecular weight excluding hydrogens is 667 g/mol. The smallest absolute Gasteiger partial charge is 0.176 e. The molecule has 1 N–H and O–H groups in total. The van der Waals surface area contributed by atoms with Gasteiger partial charge in [-0.15, -0.1) is 5.10 Å². The van der Waals surface area contributed by atoms with E-state index in [4.69, 9.17) is 5.11 Å². The maximum absolute atomic E-state index is 8.76. The van der Waals surface area contributed by atoms with Gasteiger partial charge < -0.3 is 5.11 Å². The van der Waals surface area contributed by atoms with Gasteiger partial charge >= 0.3 is 0 Å². The number of halogens is 4. The van der Waals surface area contributed by atoms with E-state index in [0.29, 0.717) is 11.2 Å². The Morgan fingerprint density at radius 2 is 1.13 bits per heavy atom. The molecule has 0 atom stereocenters. The Hall–Kier alpha value is -0.970. The van der Waals surface area contributed by atoms with Gasteiger partial charge in [0.25, 0.3) is 0 Å². The van der Waals surface area contributed by atoms with Gasteiger partial charge in [-0.2, -0.15) is 5.10 Å². The largest absolute Gasteiger partial charge is 0.388 e. The van der Waals surface area contributed by atoms with Crippen molar-refractivity contribution in [1.82, 2.24) is 29.5 Å². The standard InChI is InChI=1S/C9H8BrN3.C9H9N3O.Br3P/c10-6-9-11-7-13(12-9)8-4-2-1-3-5-8;13-6-9-10-7-12(11-9)8-4-2-1-3-5-8;1-4(2)3/h1-5,7H,6H2;1-5,7,13H,6H2;. The van der Waals surface area contributed by atoms with Crippen molar-refractivity contribution in [1.29, 1.82) is 0 Å². The number of nitrogens with zero attached hydrogens (tertiary/aromatic N) is 6. The van der Waals surface area contributed by atoms with Crippen molar-refractivity contribution in [3.63, 3.8) is 0 Å². The third kappa shape index (κ3) is 9.03. The molecule has 0 spiro atoms. The highest BCUT2D eigenvalue weighted by molar-refractivity contribution is 9.93. The van der Waals surface area contributed by atoms with Crippen LogP contribution in [0.1, 0.15) is 11.6 Å². The van der Waals surface area contributed by atoms with Crippen molar-refractivity contribution in [2.24, 2.45) is 0 Å². The molecule has 2 aromatic carbocycles. The number of rotatable bonds is 4. The second-order valence-electron chi connectivity index (χ2n) is 5.37. The molecule has 4 aromatic rings. The molecule has 0 saturated heterocycles. The van der Waals surface area contributed by atoms with Crippen LogP contribution in [0.5, 0.6) is 0 Å². The topological polar surface area (TPSA) is 81.6 Å². The number of para-hydroxylation sites is 2. The highest BCUT2D eigenvalue weighted by Gasteiger charge is 2.00. The van der Waals surface area contributed by atoms with Crippen molar-refractivity contribution >= 4 is 66.4 Å². The van der Waals surface area contributed by atoms with Crippen LogP contribution < -0.4 is 0 Å². The first kappa shape index (κ1) is 25.3. The zero-order chi connectivity index (χ0) is 21.8. The number of hydrogen-bond donors (Lipinski definition) is 1. The predicted molar refractivity (Wildman–Crippen MR) is 135 cm³/mol. The Bertz CT molecular complexity index is 904. The molecular formula is C18H17Br4N6OP. The lowest BCUT2D eigenvalue weighted by molar-refractivity contribution is 0.271. The number of hydrogen-bond acceptors (Lipinski definition) is 5. The van der Waals surface area contributed by atoms with Crippen LogP contribution in [0.25, 0.3) is 11.4 Å². The van der Waals surface area contributed by atoms with E-state index < -0.39 is 0 Å². The molecule has 0 fully saturated rings. The molecule has 0 aliphatic heterocycles. The molecule has 0 bridgehead atoms. The van der Waals surface area contributed by atoms with E-state index in [1.54, 1.807) is 22.0 Å². The predicted octanol–water partition coefficient (Wildman–Crippen LogP) is 6.32. The zero-order valence-electron chi connectivity index (χ0n) is 15.4. The van der Waals surface area contributed by atoms with E-state index >= 15 is 0 Å². The first-order chi connectivity index (χ1) is 14.5. The van der Waals surface area contributed by atoms with Gasteiger partial charge in [0.05, 0.1) is 16.7 Å². The molecule has 2 heterocycles. The maximum atomic E-state index is 8.76. The van der Waals surface area contributed by atoms with Gasteiger partial charge in [-0.1, -0.05) is 52.3 Å². The van der Waals surface area contributed by atoms with Crippen molar-refractivity contribution in [2.75, 3.05) is 0 Å². The molecule has 30 heavy (non-hydrogen) atoms. The van der Waals surface area contributed by atoms with Gasteiger partial charge in [0.2, 0.25) is 0 Å². The normalized spacial score (nSPS) is 10.1. The summed E-state index contributed by atoms with van der Waals surface area (Å²) in [6, 6.07) is 19.6. The van der Waals surface area contributed by atoms with Gasteiger partial charge in [0.15, 0.2) is 11.6 Å². The molecule has 0 aliphatic rings. The molecule has 0 aliphatic carbocycles. The highest BCUT2D eigenvalue weighted by Crippen LogP contribution is 2.59. The summed E-state index contributed by atoms with van der Waals surface area (Å²) in [5.74, 6) is 1.23. The fraction of sp³-hybridized carbons (Fsp3) is 0.111. The summed E-state index contributed by atoms with van der Waals surface area (Å²) in [5, 5.41) is 17.8. The minimum atomic E-state index is -0.183. The van der Waals surface area contributed by atoms with Gasteiger partial charge in [-0.05, 0) is 70.7 Å². The summed E-state index contributed by atoms with van der Waals surface area (Å²) in [7, 11) is 0. The quantitative estimate of drug-likeness (QED) is 0.201. The van der Waals surface area contributed by atoms with E-state index in [1.165, 1.54) is 0 Å². The summed E-state index contributed by atoms with van der Waals surface area (Å²) in [6.45, 7) is -0.125. The van der Waals surface area contributed by atoms with Gasteiger partial charge in [-0.25, -0.2) is 19.3 Å². The number of aliphatic hydroxyl groups excluding tert-OH is 1. The van der Waals surface area contributed by atoms with E-state index in [0.717, 1.165) is 17.2 Å². The van der Waals surface area contributed by atoms with Crippen LogP contribution in [0.3, 0.4) is 0 Å². The Labute approximate surface area is 208 Å².